The number of primary amides is 1. The molecule has 0 bridgehead atoms. The van der Waals surface area contributed by atoms with Crippen molar-refractivity contribution in [3.8, 4) is 0 Å². The Balaban J connectivity index is 2.65. The summed E-state index contributed by atoms with van der Waals surface area (Å²) < 4.78 is 0. The molecule has 11 nitrogen and oxygen atoms in total. The van der Waals surface area contributed by atoms with Gasteiger partial charge in [-0.05, 0) is 25.3 Å². The monoisotopic (exact) mass is 399 g/mol. The van der Waals surface area contributed by atoms with E-state index in [1.807, 2.05) is 0 Å². The first-order valence-corrected chi connectivity index (χ1v) is 9.27. The van der Waals surface area contributed by atoms with E-state index in [-0.39, 0.29) is 24.4 Å². The maximum Gasteiger partial charge on any atom is 0.326 e. The third-order valence-corrected chi connectivity index (χ3v) is 4.63. The zero-order chi connectivity index (χ0) is 21.3. The van der Waals surface area contributed by atoms with Crippen LogP contribution in [0.4, 0.5) is 0 Å². The minimum Gasteiger partial charge on any atom is -0.480 e. The van der Waals surface area contributed by atoms with Crippen molar-refractivity contribution in [1.82, 2.24) is 21.3 Å². The number of hydrogen-bond donors (Lipinski definition) is 6. The second-order valence-corrected chi connectivity index (χ2v) is 6.87. The Bertz CT molecular complexity index is 605. The molecule has 1 heterocycles. The van der Waals surface area contributed by atoms with Crippen LogP contribution in [0.5, 0.6) is 0 Å². The van der Waals surface area contributed by atoms with Crippen LogP contribution in [0.1, 0.15) is 39.5 Å². The highest BCUT2D eigenvalue weighted by atomic mass is 16.4. The molecule has 11 heteroatoms. The van der Waals surface area contributed by atoms with E-state index in [0.29, 0.717) is 12.8 Å². The fourth-order valence-electron chi connectivity index (χ4n) is 2.79. The summed E-state index contributed by atoms with van der Waals surface area (Å²) in [6, 6.07) is -2.86. The average Bonchev–Trinajstić information content (AvgIpc) is 3.16. The van der Waals surface area contributed by atoms with E-state index in [1.165, 1.54) is 0 Å². The fraction of sp³-hybridized carbons (Fsp3) is 0.706. The molecule has 28 heavy (non-hydrogen) atoms. The van der Waals surface area contributed by atoms with Crippen LogP contribution in [0.25, 0.3) is 0 Å². The number of aliphatic carboxylic acids is 1. The minimum absolute atomic E-state index is 0.328. The predicted octanol–water partition coefficient (Wildman–Crippen LogP) is -2.17. The molecule has 0 aromatic carbocycles. The maximum absolute atomic E-state index is 12.4. The lowest BCUT2D eigenvalue weighted by Crippen LogP contribution is -2.55. The lowest BCUT2D eigenvalue weighted by molar-refractivity contribution is -0.143. The molecule has 1 fully saturated rings. The molecule has 0 saturated carbocycles. The first kappa shape index (κ1) is 23.3. The minimum atomic E-state index is -1.34. The van der Waals surface area contributed by atoms with Gasteiger partial charge >= 0.3 is 5.97 Å². The lowest BCUT2D eigenvalue weighted by atomic mass is 9.98. The molecule has 158 valence electrons. The van der Waals surface area contributed by atoms with Crippen LogP contribution in [0.15, 0.2) is 0 Å². The Morgan fingerprint density at radius 2 is 1.89 bits per heavy atom. The van der Waals surface area contributed by atoms with Crippen molar-refractivity contribution in [2.45, 2.75) is 57.7 Å². The van der Waals surface area contributed by atoms with Crippen molar-refractivity contribution in [2.24, 2.45) is 11.7 Å². The third kappa shape index (κ3) is 7.51. The highest BCUT2D eigenvalue weighted by Gasteiger charge is 2.30. The van der Waals surface area contributed by atoms with Crippen molar-refractivity contribution in [3.05, 3.63) is 0 Å². The molecule has 0 radical (unpaired) electrons. The van der Waals surface area contributed by atoms with Gasteiger partial charge in [0.15, 0.2) is 0 Å². The summed E-state index contributed by atoms with van der Waals surface area (Å²) in [5, 5.41) is 19.4. The van der Waals surface area contributed by atoms with Gasteiger partial charge in [0.05, 0.1) is 19.0 Å². The van der Waals surface area contributed by atoms with Crippen LogP contribution in [-0.4, -0.2) is 65.9 Å². The Kier molecular flexibility index (Phi) is 9.36. The van der Waals surface area contributed by atoms with Crippen LogP contribution < -0.4 is 27.0 Å². The molecule has 0 aliphatic carbocycles. The number of carboxylic acid groups (broad SMARTS) is 1. The topological polar surface area (TPSA) is 180 Å². The van der Waals surface area contributed by atoms with E-state index in [1.54, 1.807) is 13.8 Å². The van der Waals surface area contributed by atoms with Crippen LogP contribution >= 0.6 is 0 Å². The van der Waals surface area contributed by atoms with Crippen molar-refractivity contribution in [1.29, 1.82) is 0 Å². The Labute approximate surface area is 163 Å². The van der Waals surface area contributed by atoms with Crippen LogP contribution in [-0.2, 0) is 24.0 Å². The molecule has 4 atom stereocenters. The largest absolute Gasteiger partial charge is 0.480 e. The molecule has 4 amide bonds. The smallest absolute Gasteiger partial charge is 0.326 e. The first-order chi connectivity index (χ1) is 13.1. The molecule has 1 aliphatic rings. The van der Waals surface area contributed by atoms with Crippen molar-refractivity contribution < 1.29 is 29.1 Å². The number of carboxylic acids is 1. The summed E-state index contributed by atoms with van der Waals surface area (Å²) >= 11 is 0. The number of nitrogens with two attached hydrogens (primary N) is 1. The fourth-order valence-corrected chi connectivity index (χ4v) is 2.79. The van der Waals surface area contributed by atoms with Gasteiger partial charge in [-0.3, -0.25) is 19.2 Å². The summed E-state index contributed by atoms with van der Waals surface area (Å²) in [6.45, 7) is 3.78. The lowest BCUT2D eigenvalue weighted by Gasteiger charge is -2.24. The van der Waals surface area contributed by atoms with Crippen LogP contribution in [0.2, 0.25) is 0 Å². The highest BCUT2D eigenvalue weighted by molar-refractivity contribution is 5.95. The van der Waals surface area contributed by atoms with Gasteiger partial charge in [0, 0.05) is 0 Å². The zero-order valence-corrected chi connectivity index (χ0v) is 16.1. The van der Waals surface area contributed by atoms with E-state index < -0.39 is 42.2 Å². The normalized spacial score (nSPS) is 19.1. The maximum atomic E-state index is 12.4. The van der Waals surface area contributed by atoms with Crippen molar-refractivity contribution >= 4 is 29.6 Å². The molecule has 4 unspecified atom stereocenters. The van der Waals surface area contributed by atoms with Gasteiger partial charge in [-0.15, -0.1) is 0 Å². The quantitative estimate of drug-likeness (QED) is 0.229. The Morgan fingerprint density at radius 3 is 2.39 bits per heavy atom. The standard InChI is InChI=1S/C17H29N5O6/c1-3-9(2)14(17(27)28)22-16(26)11(7-12(18)23)21-13(24)8-20-15(25)10-5-4-6-19-10/h9-11,14,19H,3-8H2,1-2H3,(H2,18,23)(H,20,25)(H,21,24)(H,22,26)(H,27,28). The molecule has 0 spiro atoms. The number of hydrogen-bond acceptors (Lipinski definition) is 6. The van der Waals surface area contributed by atoms with Gasteiger partial charge in [0.2, 0.25) is 23.6 Å². The predicted molar refractivity (Wildman–Crippen MR) is 98.8 cm³/mol. The Morgan fingerprint density at radius 1 is 1.21 bits per heavy atom. The summed E-state index contributed by atoms with van der Waals surface area (Å²) in [5.41, 5.74) is 5.12. The highest BCUT2D eigenvalue weighted by Crippen LogP contribution is 2.09. The number of carbonyl (C=O) groups is 5. The summed E-state index contributed by atoms with van der Waals surface area (Å²) in [6.07, 6.45) is 1.55. The van der Waals surface area contributed by atoms with Crippen molar-refractivity contribution in [3.63, 3.8) is 0 Å². The third-order valence-electron chi connectivity index (χ3n) is 4.63. The molecule has 0 aromatic rings. The SMILES string of the molecule is CCC(C)C(NC(=O)C(CC(N)=O)NC(=O)CNC(=O)C1CCCN1)C(=O)O. The second kappa shape index (κ2) is 11.2. The summed E-state index contributed by atoms with van der Waals surface area (Å²) in [7, 11) is 0. The van der Waals surface area contributed by atoms with E-state index >= 15 is 0 Å². The van der Waals surface area contributed by atoms with Gasteiger partial charge in [0.1, 0.15) is 12.1 Å². The second-order valence-electron chi connectivity index (χ2n) is 6.87. The van der Waals surface area contributed by atoms with Gasteiger partial charge in [-0.1, -0.05) is 20.3 Å². The van der Waals surface area contributed by atoms with E-state index in [0.717, 1.165) is 13.0 Å². The number of nitrogens with one attached hydrogen (secondary N) is 4. The van der Waals surface area contributed by atoms with E-state index in [4.69, 9.17) is 5.73 Å². The van der Waals surface area contributed by atoms with Crippen LogP contribution in [0, 0.1) is 5.92 Å². The number of amides is 4. The van der Waals surface area contributed by atoms with Gasteiger partial charge < -0.3 is 32.1 Å². The summed E-state index contributed by atoms with van der Waals surface area (Å²) in [5.74, 6) is -4.26. The summed E-state index contributed by atoms with van der Waals surface area (Å²) in [4.78, 5) is 59.0. The van der Waals surface area contributed by atoms with E-state index in [9.17, 15) is 29.1 Å². The average molecular weight is 399 g/mol. The molecular weight excluding hydrogens is 370 g/mol. The van der Waals surface area contributed by atoms with Gasteiger partial charge in [-0.2, -0.15) is 0 Å². The van der Waals surface area contributed by atoms with Gasteiger partial charge in [0.25, 0.3) is 0 Å². The molecule has 7 N–H and O–H groups in total. The molecule has 0 aromatic heterocycles. The number of rotatable bonds is 11. The molecule has 1 saturated heterocycles. The molecule has 1 rings (SSSR count). The molecule has 1 aliphatic heterocycles. The van der Waals surface area contributed by atoms with Crippen molar-refractivity contribution in [2.75, 3.05) is 13.1 Å². The molecular formula is C17H29N5O6. The zero-order valence-electron chi connectivity index (χ0n) is 16.1. The van der Waals surface area contributed by atoms with Gasteiger partial charge in [-0.25, -0.2) is 4.79 Å². The number of carbonyl (C=O) groups excluding carboxylic acids is 4. The first-order valence-electron chi connectivity index (χ1n) is 9.27. The van der Waals surface area contributed by atoms with E-state index in [2.05, 4.69) is 21.3 Å². The Hall–Kier alpha value is -2.69. The van der Waals surface area contributed by atoms with Crippen LogP contribution in [0.3, 0.4) is 0 Å².